The smallest absolute Gasteiger partial charge is 0.229 e. The summed E-state index contributed by atoms with van der Waals surface area (Å²) in [6.07, 6.45) is -6.86. The van der Waals surface area contributed by atoms with E-state index >= 15 is 0 Å². The Morgan fingerprint density at radius 3 is 2.19 bits per heavy atom. The monoisotopic (exact) mass is 522 g/mol. The fourth-order valence-corrected chi connectivity index (χ4v) is 5.33. The van der Waals surface area contributed by atoms with Crippen molar-refractivity contribution in [3.05, 3.63) is 47.0 Å². The van der Waals surface area contributed by atoms with Crippen LogP contribution in [0.25, 0.3) is 0 Å². The Kier molecular flexibility index (Phi) is 8.44. The molecule has 8 atom stereocenters. The molecule has 0 spiro atoms. The predicted octanol–water partition coefficient (Wildman–Crippen LogP) is -0.507. The largest absolute Gasteiger partial charge is 0.504 e. The van der Waals surface area contributed by atoms with E-state index in [-0.39, 0.29) is 42.3 Å². The van der Waals surface area contributed by atoms with Crippen molar-refractivity contribution in [3.8, 4) is 23.0 Å². The van der Waals surface area contributed by atoms with E-state index in [1.54, 1.807) is 24.3 Å². The van der Waals surface area contributed by atoms with Crippen molar-refractivity contribution in [2.45, 2.75) is 43.0 Å². The minimum Gasteiger partial charge on any atom is -0.504 e. The molecule has 2 aromatic rings. The number of phenols is 1. The van der Waals surface area contributed by atoms with Gasteiger partial charge in [-0.15, -0.1) is 0 Å². The number of aromatic hydroxyl groups is 1. The first-order valence-electron chi connectivity index (χ1n) is 12.0. The lowest BCUT2D eigenvalue weighted by molar-refractivity contribution is -0.277. The molecule has 1 heterocycles. The van der Waals surface area contributed by atoms with Gasteiger partial charge in [-0.2, -0.15) is 0 Å². The van der Waals surface area contributed by atoms with E-state index in [4.69, 9.17) is 18.9 Å². The second-order valence-electron chi connectivity index (χ2n) is 9.42. The summed E-state index contributed by atoms with van der Waals surface area (Å²) in [5, 5.41) is 70.8. The zero-order valence-electron chi connectivity index (χ0n) is 20.6. The highest BCUT2D eigenvalue weighted by Crippen LogP contribution is 2.48. The molecule has 11 heteroatoms. The Hall–Kier alpha value is -2.64. The van der Waals surface area contributed by atoms with Crippen LogP contribution in [0.15, 0.2) is 30.3 Å². The van der Waals surface area contributed by atoms with Crippen LogP contribution in [0, 0.1) is 11.8 Å². The summed E-state index contributed by atoms with van der Waals surface area (Å²) in [6, 6.07) is 8.33. The number of benzene rings is 2. The van der Waals surface area contributed by atoms with Crippen LogP contribution < -0.4 is 14.2 Å². The van der Waals surface area contributed by atoms with Crippen LogP contribution in [0.2, 0.25) is 0 Å². The molecule has 0 unspecified atom stereocenters. The zero-order valence-corrected chi connectivity index (χ0v) is 20.6. The molecule has 0 saturated carbocycles. The van der Waals surface area contributed by atoms with E-state index in [0.717, 1.165) is 16.7 Å². The maximum atomic E-state index is 10.5. The van der Waals surface area contributed by atoms with Gasteiger partial charge < -0.3 is 54.7 Å². The molecule has 204 valence electrons. The lowest BCUT2D eigenvalue weighted by atomic mass is 9.67. The fraction of sp³-hybridized carbons (Fsp3) is 0.538. The van der Waals surface area contributed by atoms with E-state index in [9.17, 15) is 35.7 Å². The third kappa shape index (κ3) is 5.08. The molecule has 0 bridgehead atoms. The molecule has 0 amide bonds. The van der Waals surface area contributed by atoms with Crippen LogP contribution in [-0.2, 0) is 11.2 Å². The minimum atomic E-state index is -1.61. The Bertz CT molecular complexity index is 1070. The standard InChI is InChI=1S/C26H34O11/c1-34-18-6-12(3-4-17(18)30)22-15-8-20(36-26-25(33)24(32)23(31)21(11-29)37-26)19(35-2)7-13(15)5-14(9-27)16(22)10-28/h3-4,6-8,14,16,21-33H,5,9-11H2,1-2H3/t14-,16-,21+,22-,23+,24-,25+,26-/m0/s1. The molecule has 11 nitrogen and oxygen atoms in total. The first kappa shape index (κ1) is 27.4. The van der Waals surface area contributed by atoms with Gasteiger partial charge in [0.1, 0.15) is 24.4 Å². The summed E-state index contributed by atoms with van der Waals surface area (Å²) >= 11 is 0. The Morgan fingerprint density at radius 1 is 0.838 bits per heavy atom. The van der Waals surface area contributed by atoms with Crippen LogP contribution >= 0.6 is 0 Å². The van der Waals surface area contributed by atoms with E-state index in [0.29, 0.717) is 12.2 Å². The number of phenolic OH excluding ortho intramolecular Hbond substituents is 1. The summed E-state index contributed by atoms with van der Waals surface area (Å²) in [7, 11) is 2.87. The molecule has 1 saturated heterocycles. The highest BCUT2D eigenvalue weighted by Gasteiger charge is 2.45. The average Bonchev–Trinajstić information content (AvgIpc) is 2.92. The molecule has 2 aromatic carbocycles. The number of aliphatic hydroxyl groups excluding tert-OH is 6. The highest BCUT2D eigenvalue weighted by molar-refractivity contribution is 5.54. The van der Waals surface area contributed by atoms with Crippen molar-refractivity contribution >= 4 is 0 Å². The number of hydrogen-bond donors (Lipinski definition) is 7. The molecule has 0 aromatic heterocycles. The predicted molar refractivity (Wildman–Crippen MR) is 129 cm³/mol. The minimum absolute atomic E-state index is 0.0390. The van der Waals surface area contributed by atoms with E-state index in [1.165, 1.54) is 20.3 Å². The number of aliphatic hydroxyl groups is 6. The summed E-state index contributed by atoms with van der Waals surface area (Å²) in [5.74, 6) is -0.374. The van der Waals surface area contributed by atoms with Crippen LogP contribution in [-0.4, -0.2) is 100 Å². The van der Waals surface area contributed by atoms with Crippen LogP contribution in [0.3, 0.4) is 0 Å². The van der Waals surface area contributed by atoms with Crippen molar-refractivity contribution in [1.29, 1.82) is 0 Å². The van der Waals surface area contributed by atoms with Gasteiger partial charge in [-0.25, -0.2) is 0 Å². The maximum Gasteiger partial charge on any atom is 0.229 e. The molecule has 1 aliphatic heterocycles. The Balaban J connectivity index is 1.79. The van der Waals surface area contributed by atoms with Crippen molar-refractivity contribution in [3.63, 3.8) is 0 Å². The lowest BCUT2D eigenvalue weighted by Crippen LogP contribution is -2.60. The lowest BCUT2D eigenvalue weighted by Gasteiger charge is -2.41. The number of rotatable bonds is 8. The maximum absolute atomic E-state index is 10.5. The van der Waals surface area contributed by atoms with Crippen LogP contribution in [0.5, 0.6) is 23.0 Å². The van der Waals surface area contributed by atoms with E-state index < -0.39 is 43.2 Å². The van der Waals surface area contributed by atoms with Crippen molar-refractivity contribution in [2.75, 3.05) is 34.0 Å². The third-order valence-electron chi connectivity index (χ3n) is 7.38. The summed E-state index contributed by atoms with van der Waals surface area (Å²) in [5.41, 5.74) is 2.34. The molecular weight excluding hydrogens is 488 g/mol. The Labute approximate surface area is 214 Å². The van der Waals surface area contributed by atoms with Crippen LogP contribution in [0.1, 0.15) is 22.6 Å². The summed E-state index contributed by atoms with van der Waals surface area (Å²) in [4.78, 5) is 0. The fourth-order valence-electron chi connectivity index (χ4n) is 5.33. The van der Waals surface area contributed by atoms with E-state index in [1.807, 2.05) is 0 Å². The first-order valence-corrected chi connectivity index (χ1v) is 12.0. The topological polar surface area (TPSA) is 179 Å². The average molecular weight is 523 g/mol. The van der Waals surface area contributed by atoms with Gasteiger partial charge in [0.2, 0.25) is 6.29 Å². The molecule has 37 heavy (non-hydrogen) atoms. The number of fused-ring (bicyclic) bond motifs is 1. The molecule has 0 radical (unpaired) electrons. The second kappa shape index (κ2) is 11.4. The third-order valence-corrected chi connectivity index (χ3v) is 7.38. The van der Waals surface area contributed by atoms with Gasteiger partial charge in [-0.1, -0.05) is 6.07 Å². The molecule has 1 aliphatic carbocycles. The number of ether oxygens (including phenoxy) is 4. The van der Waals surface area contributed by atoms with Gasteiger partial charge in [-0.3, -0.25) is 0 Å². The summed E-state index contributed by atoms with van der Waals surface area (Å²) < 4.78 is 22.2. The first-order chi connectivity index (χ1) is 17.8. The quantitative estimate of drug-likeness (QED) is 0.238. The van der Waals surface area contributed by atoms with Gasteiger partial charge in [0.15, 0.2) is 23.0 Å². The van der Waals surface area contributed by atoms with Gasteiger partial charge in [-0.05, 0) is 59.2 Å². The van der Waals surface area contributed by atoms with Gasteiger partial charge >= 0.3 is 0 Å². The van der Waals surface area contributed by atoms with Crippen LogP contribution in [0.4, 0.5) is 0 Å². The molecule has 4 rings (SSSR count). The Morgan fingerprint density at radius 2 is 1.57 bits per heavy atom. The molecular formula is C26H34O11. The molecule has 7 N–H and O–H groups in total. The highest BCUT2D eigenvalue weighted by atomic mass is 16.7. The van der Waals surface area contributed by atoms with Gasteiger partial charge in [0.25, 0.3) is 0 Å². The second-order valence-corrected chi connectivity index (χ2v) is 9.42. The normalized spacial score (nSPS) is 31.5. The van der Waals surface area contributed by atoms with Gasteiger partial charge in [0.05, 0.1) is 20.8 Å². The van der Waals surface area contributed by atoms with Crippen molar-refractivity contribution in [2.24, 2.45) is 11.8 Å². The van der Waals surface area contributed by atoms with E-state index in [2.05, 4.69) is 0 Å². The number of methoxy groups -OCH3 is 2. The van der Waals surface area contributed by atoms with Gasteiger partial charge in [0, 0.05) is 19.1 Å². The van der Waals surface area contributed by atoms with Crippen molar-refractivity contribution < 1.29 is 54.7 Å². The summed E-state index contributed by atoms with van der Waals surface area (Å²) in [6.45, 7) is -0.965. The SMILES string of the molecule is COc1cc([C@H]2c3cc(O[C@H]4O[C@H](CO)[C@@H](O)[C@H](O)[C@H]4O)c(OC)cc3C[C@@H](CO)[C@@H]2CO)ccc1O. The molecule has 1 fully saturated rings. The van der Waals surface area contributed by atoms with Crippen molar-refractivity contribution in [1.82, 2.24) is 0 Å². The zero-order chi connectivity index (χ0) is 26.9. The molecule has 2 aliphatic rings. The number of hydrogen-bond acceptors (Lipinski definition) is 11.